The predicted molar refractivity (Wildman–Crippen MR) is 102 cm³/mol. The Balaban J connectivity index is 1.71. The van der Waals surface area contributed by atoms with Crippen LogP contribution >= 0.6 is 23.2 Å². The average Bonchev–Trinajstić information content (AvgIpc) is 3.29. The third-order valence-corrected chi connectivity index (χ3v) is 4.67. The van der Waals surface area contributed by atoms with Crippen LogP contribution in [0.25, 0.3) is 0 Å². The summed E-state index contributed by atoms with van der Waals surface area (Å²) >= 11 is 12.3. The molecule has 1 aromatic carbocycles. The van der Waals surface area contributed by atoms with Crippen LogP contribution in [0.1, 0.15) is 24.9 Å². The minimum atomic E-state index is -0.737. The first-order chi connectivity index (χ1) is 13.4. The van der Waals surface area contributed by atoms with Crippen molar-refractivity contribution in [2.24, 2.45) is 0 Å². The number of aromatic nitrogens is 5. The van der Waals surface area contributed by atoms with Crippen LogP contribution < -0.4 is 5.32 Å². The van der Waals surface area contributed by atoms with Crippen LogP contribution in [0.5, 0.6) is 0 Å². The lowest BCUT2D eigenvalue weighted by atomic mass is 10.2. The molecule has 0 spiro atoms. The maximum atomic E-state index is 12.5. The van der Waals surface area contributed by atoms with E-state index in [0.717, 1.165) is 6.20 Å². The van der Waals surface area contributed by atoms with Crippen molar-refractivity contribution in [2.75, 3.05) is 5.32 Å². The highest BCUT2D eigenvalue weighted by molar-refractivity contribution is 6.35. The van der Waals surface area contributed by atoms with Gasteiger partial charge in [0.15, 0.2) is 0 Å². The molecular weight excluding hydrogens is 409 g/mol. The van der Waals surface area contributed by atoms with Gasteiger partial charge >= 0.3 is 5.69 Å². The first-order valence-electron chi connectivity index (χ1n) is 8.20. The molecule has 0 saturated carbocycles. The molecule has 0 aliphatic rings. The van der Waals surface area contributed by atoms with Gasteiger partial charge in [-0.25, -0.2) is 9.67 Å². The zero-order valence-electron chi connectivity index (χ0n) is 14.6. The highest BCUT2D eigenvalue weighted by Gasteiger charge is 2.23. The normalized spacial score (nSPS) is 12.0. The van der Waals surface area contributed by atoms with E-state index in [1.807, 2.05) is 0 Å². The molecule has 2 heterocycles. The molecular formula is C16H15Cl2N7O3. The third-order valence-electron chi connectivity index (χ3n) is 3.96. The maximum Gasteiger partial charge on any atom is 0.307 e. The third kappa shape index (κ3) is 4.29. The van der Waals surface area contributed by atoms with Crippen LogP contribution in [0.3, 0.4) is 0 Å². The number of nitro groups is 1. The van der Waals surface area contributed by atoms with Gasteiger partial charge in [0.05, 0.1) is 11.5 Å². The molecule has 0 saturated heterocycles. The molecule has 0 aliphatic heterocycles. The smallest absolute Gasteiger partial charge is 0.291 e. The second kappa shape index (κ2) is 8.36. The van der Waals surface area contributed by atoms with Crippen LogP contribution in [-0.4, -0.2) is 35.4 Å². The van der Waals surface area contributed by atoms with E-state index in [1.54, 1.807) is 25.1 Å². The molecule has 1 N–H and O–H groups in total. The highest BCUT2D eigenvalue weighted by atomic mass is 35.5. The van der Waals surface area contributed by atoms with E-state index in [1.165, 1.54) is 21.9 Å². The number of anilines is 1. The number of benzene rings is 1. The lowest BCUT2D eigenvalue weighted by Crippen LogP contribution is -2.26. The summed E-state index contributed by atoms with van der Waals surface area (Å²) in [7, 11) is 0. The van der Waals surface area contributed by atoms with Crippen LogP contribution in [-0.2, 0) is 11.3 Å². The summed E-state index contributed by atoms with van der Waals surface area (Å²) in [5.41, 5.74) is 0.495. The first kappa shape index (κ1) is 19.8. The molecule has 0 radical (unpaired) electrons. The summed E-state index contributed by atoms with van der Waals surface area (Å²) in [6.45, 7) is 2.05. The maximum absolute atomic E-state index is 12.5. The molecule has 28 heavy (non-hydrogen) atoms. The standard InChI is InChI=1S/C16H15Cl2N7O3/c1-2-14(24-7-10(6-20-24)25(27)28)15(26)21-16-19-9-23(22-16)8-11-12(17)4-3-5-13(11)18/h3-7,9,14H,2,8H2,1H3,(H,21,22,26). The van der Waals surface area contributed by atoms with Gasteiger partial charge in [-0.3, -0.25) is 24.9 Å². The molecule has 1 atom stereocenters. The van der Waals surface area contributed by atoms with Gasteiger partial charge in [-0.1, -0.05) is 36.2 Å². The number of carbonyl (C=O) groups excluding carboxylic acids is 1. The SMILES string of the molecule is CCC(C(=O)Nc1ncn(Cc2c(Cl)cccc2Cl)n1)n1cc([N+](=O)[O-])cn1. The lowest BCUT2D eigenvalue weighted by Gasteiger charge is -2.13. The molecule has 146 valence electrons. The number of halogens is 2. The van der Waals surface area contributed by atoms with Gasteiger partial charge in [0, 0.05) is 15.6 Å². The molecule has 0 fully saturated rings. The van der Waals surface area contributed by atoms with Gasteiger partial charge in [-0.2, -0.15) is 5.10 Å². The van der Waals surface area contributed by atoms with Crippen molar-refractivity contribution < 1.29 is 9.72 Å². The van der Waals surface area contributed by atoms with Crippen LogP contribution in [0, 0.1) is 10.1 Å². The molecule has 3 aromatic rings. The first-order valence-corrected chi connectivity index (χ1v) is 8.96. The fourth-order valence-corrected chi connectivity index (χ4v) is 3.07. The fourth-order valence-electron chi connectivity index (χ4n) is 2.55. The van der Waals surface area contributed by atoms with Crippen molar-refractivity contribution in [3.8, 4) is 0 Å². The Morgan fingerprint density at radius 1 is 1.36 bits per heavy atom. The van der Waals surface area contributed by atoms with E-state index < -0.39 is 16.9 Å². The zero-order valence-corrected chi connectivity index (χ0v) is 16.1. The van der Waals surface area contributed by atoms with Crippen LogP contribution in [0.4, 0.5) is 11.6 Å². The zero-order chi connectivity index (χ0) is 20.3. The number of carbonyl (C=O) groups is 1. The summed E-state index contributed by atoms with van der Waals surface area (Å²) in [4.78, 5) is 26.8. The Morgan fingerprint density at radius 3 is 2.68 bits per heavy atom. The lowest BCUT2D eigenvalue weighted by molar-refractivity contribution is -0.385. The summed E-state index contributed by atoms with van der Waals surface area (Å²) in [5, 5.41) is 22.5. The largest absolute Gasteiger partial charge is 0.307 e. The number of nitrogens with one attached hydrogen (secondary N) is 1. The quantitative estimate of drug-likeness (QED) is 0.459. The molecule has 12 heteroatoms. The van der Waals surface area contributed by atoms with Crippen molar-refractivity contribution in [3.05, 3.63) is 62.6 Å². The van der Waals surface area contributed by atoms with Gasteiger partial charge < -0.3 is 0 Å². The van der Waals surface area contributed by atoms with Gasteiger partial charge in [0.1, 0.15) is 24.8 Å². The van der Waals surface area contributed by atoms with E-state index >= 15 is 0 Å². The summed E-state index contributed by atoms with van der Waals surface area (Å²) in [5.74, 6) is -0.345. The minimum Gasteiger partial charge on any atom is -0.291 e. The van der Waals surface area contributed by atoms with Gasteiger partial charge in [-0.05, 0) is 18.6 Å². The number of hydrogen-bond donors (Lipinski definition) is 1. The number of nitrogens with zero attached hydrogens (tertiary/aromatic N) is 6. The Labute approximate surface area is 169 Å². The van der Waals surface area contributed by atoms with Gasteiger partial charge in [-0.15, -0.1) is 5.10 Å². The average molecular weight is 424 g/mol. The molecule has 10 nitrogen and oxygen atoms in total. The monoisotopic (exact) mass is 423 g/mol. The summed E-state index contributed by atoms with van der Waals surface area (Å²) in [6, 6.07) is 4.44. The second-order valence-corrected chi connectivity index (χ2v) is 6.63. The summed E-state index contributed by atoms with van der Waals surface area (Å²) in [6.07, 6.45) is 4.12. The highest BCUT2D eigenvalue weighted by Crippen LogP contribution is 2.25. The molecule has 0 bridgehead atoms. The Morgan fingerprint density at radius 2 is 2.07 bits per heavy atom. The van der Waals surface area contributed by atoms with Crippen LogP contribution in [0.2, 0.25) is 10.0 Å². The number of amides is 1. The number of hydrogen-bond acceptors (Lipinski definition) is 6. The molecule has 1 unspecified atom stereocenters. The second-order valence-electron chi connectivity index (χ2n) is 5.81. The van der Waals surface area contributed by atoms with E-state index in [2.05, 4.69) is 20.5 Å². The van der Waals surface area contributed by atoms with Gasteiger partial charge in [0.25, 0.3) is 5.91 Å². The van der Waals surface area contributed by atoms with E-state index in [9.17, 15) is 14.9 Å². The van der Waals surface area contributed by atoms with Crippen molar-refractivity contribution in [1.82, 2.24) is 24.5 Å². The van der Waals surface area contributed by atoms with Gasteiger partial charge in [0.2, 0.25) is 5.95 Å². The van der Waals surface area contributed by atoms with E-state index in [-0.39, 0.29) is 18.2 Å². The van der Waals surface area contributed by atoms with Crippen molar-refractivity contribution >= 4 is 40.7 Å². The predicted octanol–water partition coefficient (Wildman–Crippen LogP) is 3.33. The molecule has 1 amide bonds. The van der Waals surface area contributed by atoms with Crippen molar-refractivity contribution in [1.29, 1.82) is 0 Å². The molecule has 3 rings (SSSR count). The van der Waals surface area contributed by atoms with Crippen molar-refractivity contribution in [3.63, 3.8) is 0 Å². The minimum absolute atomic E-state index is 0.0910. The van der Waals surface area contributed by atoms with E-state index in [0.29, 0.717) is 22.0 Å². The molecule has 2 aromatic heterocycles. The summed E-state index contributed by atoms with van der Waals surface area (Å²) < 4.78 is 2.73. The Bertz CT molecular complexity index is 997. The van der Waals surface area contributed by atoms with Crippen molar-refractivity contribution in [2.45, 2.75) is 25.9 Å². The van der Waals surface area contributed by atoms with E-state index in [4.69, 9.17) is 23.2 Å². The Hall–Kier alpha value is -2.98. The Kier molecular flexibility index (Phi) is 5.90. The molecule has 0 aliphatic carbocycles. The van der Waals surface area contributed by atoms with Crippen LogP contribution in [0.15, 0.2) is 36.9 Å². The topological polar surface area (TPSA) is 121 Å². The fraction of sp³-hybridized carbons (Fsp3) is 0.250. The number of rotatable bonds is 7.